The van der Waals surface area contributed by atoms with Crippen LogP contribution in [0, 0.1) is 0 Å². The maximum atomic E-state index is 11.6. The van der Waals surface area contributed by atoms with Gasteiger partial charge in [0.25, 0.3) is 0 Å². The van der Waals surface area contributed by atoms with Crippen LogP contribution in [0.25, 0.3) is 0 Å². The van der Waals surface area contributed by atoms with E-state index in [1.165, 1.54) is 96.2 Å². The Kier molecular flexibility index (Phi) is 20.3. The number of furan rings is 1. The van der Waals surface area contributed by atoms with E-state index in [1.807, 2.05) is 0 Å². The van der Waals surface area contributed by atoms with Gasteiger partial charge >= 0.3 is 5.97 Å². The van der Waals surface area contributed by atoms with Crippen molar-refractivity contribution in [2.75, 3.05) is 6.61 Å². The number of carbonyl (C=O) groups excluding carboxylic acids is 1. The second-order valence-electron chi connectivity index (χ2n) is 7.42. The zero-order chi connectivity index (χ0) is 18.7. The Balaban J connectivity index is 0.00000676. The number of hydrogen-bond acceptors (Lipinski definition) is 3. The Morgan fingerprint density at radius 3 is 1.63 bits per heavy atom. The fourth-order valence-electron chi connectivity index (χ4n) is 3.28. The van der Waals surface area contributed by atoms with Crippen molar-refractivity contribution < 1.29 is 13.9 Å². The first-order chi connectivity index (χ1) is 12.8. The predicted octanol–water partition coefficient (Wildman–Crippen LogP) is 7.32. The molecule has 0 amide bonds. The molecule has 3 nitrogen and oxygen atoms in total. The first-order valence-corrected chi connectivity index (χ1v) is 11.0. The summed E-state index contributed by atoms with van der Waals surface area (Å²) in [6.45, 7) is 2.78. The van der Waals surface area contributed by atoms with Crippen LogP contribution in [0.15, 0.2) is 22.8 Å². The first-order valence-electron chi connectivity index (χ1n) is 11.0. The maximum absolute atomic E-state index is 11.6. The van der Waals surface area contributed by atoms with Crippen molar-refractivity contribution in [3.63, 3.8) is 0 Å². The zero-order valence-corrected chi connectivity index (χ0v) is 20.0. The summed E-state index contributed by atoms with van der Waals surface area (Å²) in [4.78, 5) is 11.6. The van der Waals surface area contributed by atoms with Crippen LogP contribution >= 0.6 is 0 Å². The molecule has 0 aliphatic heterocycles. The average Bonchev–Trinajstić information content (AvgIpc) is 3.19. The zero-order valence-electron chi connectivity index (χ0n) is 18.0. The second-order valence-corrected chi connectivity index (χ2v) is 7.42. The molecule has 0 unspecified atom stereocenters. The van der Waals surface area contributed by atoms with Crippen molar-refractivity contribution in [2.45, 2.75) is 110 Å². The quantitative estimate of drug-likeness (QED) is 0.150. The molecule has 0 aliphatic carbocycles. The fraction of sp³-hybridized carbons (Fsp3) is 0.783. The Morgan fingerprint density at radius 1 is 0.778 bits per heavy atom. The number of unbranched alkanes of at least 4 members (excludes halogenated alkanes) is 15. The molecule has 0 saturated heterocycles. The molecular formula is C23H40NaO3. The number of hydrogen-bond donors (Lipinski definition) is 0. The molecule has 1 heterocycles. The number of esters is 1. The largest absolute Gasteiger partial charge is 0.460 e. The van der Waals surface area contributed by atoms with E-state index in [4.69, 9.17) is 9.15 Å². The first kappa shape index (κ1) is 26.8. The van der Waals surface area contributed by atoms with Crippen LogP contribution in [-0.2, 0) is 4.74 Å². The minimum Gasteiger partial charge on any atom is -0.460 e. The average molecular weight is 388 g/mol. The van der Waals surface area contributed by atoms with Crippen molar-refractivity contribution in [3.8, 4) is 0 Å². The molecule has 4 heteroatoms. The van der Waals surface area contributed by atoms with E-state index in [9.17, 15) is 4.79 Å². The minimum absolute atomic E-state index is 0. The van der Waals surface area contributed by atoms with E-state index in [2.05, 4.69) is 6.92 Å². The van der Waals surface area contributed by atoms with Crippen LogP contribution in [0.4, 0.5) is 0 Å². The molecule has 0 fully saturated rings. The molecule has 1 radical (unpaired) electrons. The molecule has 1 aromatic rings. The van der Waals surface area contributed by atoms with Crippen LogP contribution in [0.3, 0.4) is 0 Å². The molecule has 0 aromatic carbocycles. The van der Waals surface area contributed by atoms with Crippen LogP contribution in [0.2, 0.25) is 0 Å². The molecule has 0 saturated carbocycles. The molecule has 151 valence electrons. The van der Waals surface area contributed by atoms with Crippen molar-refractivity contribution in [3.05, 3.63) is 24.2 Å². The molecule has 27 heavy (non-hydrogen) atoms. The fourth-order valence-corrected chi connectivity index (χ4v) is 3.28. The summed E-state index contributed by atoms with van der Waals surface area (Å²) >= 11 is 0. The summed E-state index contributed by atoms with van der Waals surface area (Å²) in [5.41, 5.74) is 0. The molecule has 0 N–H and O–H groups in total. The van der Waals surface area contributed by atoms with Gasteiger partial charge in [-0.1, -0.05) is 103 Å². The summed E-state index contributed by atoms with van der Waals surface area (Å²) in [7, 11) is 0. The Bertz CT molecular complexity index is 417. The topological polar surface area (TPSA) is 39.4 Å². The van der Waals surface area contributed by atoms with Gasteiger partial charge < -0.3 is 9.15 Å². The van der Waals surface area contributed by atoms with Crippen LogP contribution in [0.1, 0.15) is 120 Å². The smallest absolute Gasteiger partial charge is 0.374 e. The molecule has 0 spiro atoms. The summed E-state index contributed by atoms with van der Waals surface area (Å²) in [6, 6.07) is 3.33. The van der Waals surface area contributed by atoms with Crippen molar-refractivity contribution in [1.29, 1.82) is 0 Å². The van der Waals surface area contributed by atoms with Gasteiger partial charge in [0, 0.05) is 29.6 Å². The summed E-state index contributed by atoms with van der Waals surface area (Å²) < 4.78 is 10.2. The molecule has 1 rings (SSSR count). The molecule has 0 atom stereocenters. The van der Waals surface area contributed by atoms with E-state index in [-0.39, 0.29) is 35.5 Å². The molecule has 0 bridgehead atoms. The Hall–Kier alpha value is -0.250. The van der Waals surface area contributed by atoms with Crippen molar-refractivity contribution in [1.82, 2.24) is 0 Å². The number of rotatable bonds is 18. The summed E-state index contributed by atoms with van der Waals surface area (Å²) in [6.07, 6.45) is 23.1. The SMILES string of the molecule is CCCCCCCCCCCCCCCCCCOC(=O)c1ccco1.[Na]. The van der Waals surface area contributed by atoms with Gasteiger partial charge in [-0.15, -0.1) is 0 Å². The number of carbonyl (C=O) groups is 1. The summed E-state index contributed by atoms with van der Waals surface area (Å²) in [5.74, 6) is -0.0579. The van der Waals surface area contributed by atoms with Crippen LogP contribution in [-0.4, -0.2) is 42.1 Å². The van der Waals surface area contributed by atoms with Gasteiger partial charge in [0.05, 0.1) is 12.9 Å². The van der Waals surface area contributed by atoms with Crippen LogP contribution in [0.5, 0.6) is 0 Å². The van der Waals surface area contributed by atoms with E-state index in [1.54, 1.807) is 12.1 Å². The Morgan fingerprint density at radius 2 is 1.22 bits per heavy atom. The normalized spacial score (nSPS) is 10.6. The van der Waals surface area contributed by atoms with E-state index >= 15 is 0 Å². The van der Waals surface area contributed by atoms with Gasteiger partial charge in [0.2, 0.25) is 5.76 Å². The summed E-state index contributed by atoms with van der Waals surface area (Å²) in [5, 5.41) is 0. The van der Waals surface area contributed by atoms with Gasteiger partial charge in [-0.05, 0) is 18.6 Å². The molecule has 1 aromatic heterocycles. The van der Waals surface area contributed by atoms with E-state index in [0.717, 1.165) is 12.8 Å². The van der Waals surface area contributed by atoms with Crippen LogP contribution < -0.4 is 0 Å². The monoisotopic (exact) mass is 387 g/mol. The molecular weight excluding hydrogens is 347 g/mol. The minimum atomic E-state index is -0.351. The van der Waals surface area contributed by atoms with E-state index < -0.39 is 0 Å². The molecule has 0 aliphatic rings. The standard InChI is InChI=1S/C23H40O3.Na/c1-2-3-4-5-6-7-8-9-10-11-12-13-14-15-16-17-20-26-23(24)22-19-18-21-25-22;/h18-19,21H,2-17,20H2,1H3;. The maximum Gasteiger partial charge on any atom is 0.374 e. The van der Waals surface area contributed by atoms with Gasteiger partial charge in [0.15, 0.2) is 0 Å². The van der Waals surface area contributed by atoms with Crippen molar-refractivity contribution in [2.24, 2.45) is 0 Å². The third-order valence-electron chi connectivity index (χ3n) is 4.95. The van der Waals surface area contributed by atoms with Gasteiger partial charge in [-0.25, -0.2) is 4.79 Å². The van der Waals surface area contributed by atoms with Gasteiger partial charge in [-0.3, -0.25) is 0 Å². The van der Waals surface area contributed by atoms with Crippen molar-refractivity contribution >= 4 is 35.5 Å². The Labute approximate surface area is 189 Å². The van der Waals surface area contributed by atoms with Gasteiger partial charge in [0.1, 0.15) is 0 Å². The third kappa shape index (κ3) is 16.4. The third-order valence-corrected chi connectivity index (χ3v) is 4.95. The van der Waals surface area contributed by atoms with E-state index in [0.29, 0.717) is 12.4 Å². The second kappa shape index (κ2) is 20.5. The predicted molar refractivity (Wildman–Crippen MR) is 114 cm³/mol. The van der Waals surface area contributed by atoms with Gasteiger partial charge in [-0.2, -0.15) is 0 Å². The number of ether oxygens (including phenoxy) is 1.